The van der Waals surface area contributed by atoms with E-state index in [1.165, 1.54) is 23.9 Å². The Kier molecular flexibility index (Phi) is 7.25. The lowest BCUT2D eigenvalue weighted by atomic mass is 10.1. The van der Waals surface area contributed by atoms with Crippen LogP contribution in [0.15, 0.2) is 71.9 Å². The summed E-state index contributed by atoms with van der Waals surface area (Å²) in [5.74, 6) is 0.557. The Morgan fingerprint density at radius 1 is 1.09 bits per heavy atom. The zero-order valence-electron chi connectivity index (χ0n) is 19.1. The number of hydrogen-bond acceptors (Lipinski definition) is 6. The fraction of sp³-hybridized carbons (Fsp3) is 0.269. The van der Waals surface area contributed by atoms with Crippen molar-refractivity contribution in [2.24, 2.45) is 0 Å². The Hall–Kier alpha value is -3.43. The number of aromatic nitrogens is 3. The number of nitrogens with zero attached hydrogens (tertiary/aromatic N) is 3. The molecule has 1 unspecified atom stereocenters. The number of nitrogens with one attached hydrogen (secondary N) is 2. The highest BCUT2D eigenvalue weighted by Gasteiger charge is 2.21. The molecule has 4 aromatic rings. The van der Waals surface area contributed by atoms with E-state index in [1.54, 1.807) is 12.1 Å². The standard InChI is InChI=1S/C26H26FN5O2S/c27-19-10-12-20(13-11-19)28-15-24-30-31-26(32(24)16-21-7-4-14-34-21)35-17-25(33)29-23-9-3-6-18-5-1-2-8-22(18)23/h1-3,5-6,8-13,21,28H,4,7,14-17H2,(H,29,33). The quantitative estimate of drug-likeness (QED) is 0.318. The van der Waals surface area contributed by atoms with Gasteiger partial charge in [0.05, 0.1) is 24.9 Å². The molecule has 1 fully saturated rings. The Labute approximate surface area is 207 Å². The second-order valence-electron chi connectivity index (χ2n) is 8.37. The summed E-state index contributed by atoms with van der Waals surface area (Å²) < 4.78 is 21.1. The monoisotopic (exact) mass is 491 g/mol. The molecule has 0 radical (unpaired) electrons. The van der Waals surface area contributed by atoms with Crippen molar-refractivity contribution < 1.29 is 13.9 Å². The first-order chi connectivity index (χ1) is 17.2. The molecule has 9 heteroatoms. The van der Waals surface area contributed by atoms with Gasteiger partial charge in [0, 0.05) is 23.4 Å². The van der Waals surface area contributed by atoms with Crippen LogP contribution in [-0.4, -0.2) is 39.1 Å². The molecule has 7 nitrogen and oxygen atoms in total. The van der Waals surface area contributed by atoms with Crippen molar-refractivity contribution in [1.29, 1.82) is 0 Å². The van der Waals surface area contributed by atoms with Gasteiger partial charge in [-0.25, -0.2) is 4.39 Å². The third-order valence-corrected chi connectivity index (χ3v) is 6.86. The minimum absolute atomic E-state index is 0.0967. The SMILES string of the molecule is O=C(CSc1nnc(CNc2ccc(F)cc2)n1CC1CCCO1)Nc1cccc2ccccc12. The summed E-state index contributed by atoms with van der Waals surface area (Å²) >= 11 is 1.35. The molecule has 0 spiro atoms. The Morgan fingerprint density at radius 3 is 2.74 bits per heavy atom. The van der Waals surface area contributed by atoms with Crippen molar-refractivity contribution in [2.75, 3.05) is 23.0 Å². The van der Waals surface area contributed by atoms with Crippen LogP contribution in [-0.2, 0) is 22.6 Å². The molecule has 1 amide bonds. The summed E-state index contributed by atoms with van der Waals surface area (Å²) in [4.78, 5) is 12.8. The number of carbonyl (C=O) groups is 1. The van der Waals surface area contributed by atoms with Gasteiger partial charge in [0.15, 0.2) is 11.0 Å². The van der Waals surface area contributed by atoms with Crippen molar-refractivity contribution in [3.63, 3.8) is 0 Å². The zero-order chi connectivity index (χ0) is 24.0. The van der Waals surface area contributed by atoms with Crippen LogP contribution in [0.3, 0.4) is 0 Å². The van der Waals surface area contributed by atoms with Crippen LogP contribution >= 0.6 is 11.8 Å². The van der Waals surface area contributed by atoms with Crippen molar-refractivity contribution in [2.45, 2.75) is 37.2 Å². The van der Waals surface area contributed by atoms with E-state index in [2.05, 4.69) is 20.8 Å². The summed E-state index contributed by atoms with van der Waals surface area (Å²) in [6.07, 6.45) is 2.11. The molecule has 180 valence electrons. The van der Waals surface area contributed by atoms with E-state index in [0.717, 1.165) is 47.4 Å². The molecule has 1 saturated heterocycles. The third-order valence-electron chi connectivity index (χ3n) is 5.89. The minimum Gasteiger partial charge on any atom is -0.378 e. The molecular weight excluding hydrogens is 465 g/mol. The number of fused-ring (bicyclic) bond motifs is 1. The first-order valence-corrected chi connectivity index (χ1v) is 12.6. The van der Waals surface area contributed by atoms with E-state index in [0.29, 0.717) is 18.2 Å². The molecular formula is C26H26FN5O2S. The van der Waals surface area contributed by atoms with Gasteiger partial charge in [-0.2, -0.15) is 0 Å². The second kappa shape index (κ2) is 10.9. The van der Waals surface area contributed by atoms with Crippen molar-refractivity contribution in [1.82, 2.24) is 14.8 Å². The van der Waals surface area contributed by atoms with Gasteiger partial charge in [0.1, 0.15) is 5.82 Å². The van der Waals surface area contributed by atoms with E-state index in [9.17, 15) is 9.18 Å². The van der Waals surface area contributed by atoms with Gasteiger partial charge in [-0.05, 0) is 48.6 Å². The molecule has 2 N–H and O–H groups in total. The molecule has 3 aromatic carbocycles. The van der Waals surface area contributed by atoms with E-state index in [1.807, 2.05) is 47.0 Å². The first-order valence-electron chi connectivity index (χ1n) is 11.6. The molecule has 0 saturated carbocycles. The highest BCUT2D eigenvalue weighted by Crippen LogP contribution is 2.25. The minimum atomic E-state index is -0.280. The summed E-state index contributed by atoms with van der Waals surface area (Å²) in [5, 5.41) is 17.7. The van der Waals surface area contributed by atoms with Gasteiger partial charge < -0.3 is 19.9 Å². The maximum atomic E-state index is 13.2. The van der Waals surface area contributed by atoms with Crippen molar-refractivity contribution in [3.8, 4) is 0 Å². The summed E-state index contributed by atoms with van der Waals surface area (Å²) in [5.41, 5.74) is 1.58. The second-order valence-corrected chi connectivity index (χ2v) is 9.31. The zero-order valence-corrected chi connectivity index (χ0v) is 19.9. The van der Waals surface area contributed by atoms with Gasteiger partial charge in [-0.1, -0.05) is 48.2 Å². The Bertz CT molecular complexity index is 1300. The molecule has 35 heavy (non-hydrogen) atoms. The Balaban J connectivity index is 1.27. The van der Waals surface area contributed by atoms with E-state index < -0.39 is 0 Å². The lowest BCUT2D eigenvalue weighted by Gasteiger charge is -2.15. The molecule has 0 aliphatic carbocycles. The summed E-state index contributed by atoms with van der Waals surface area (Å²) in [6.45, 7) is 1.81. The van der Waals surface area contributed by atoms with E-state index in [4.69, 9.17) is 4.74 Å². The Morgan fingerprint density at radius 2 is 1.91 bits per heavy atom. The number of anilines is 2. The fourth-order valence-corrected chi connectivity index (χ4v) is 4.90. The largest absolute Gasteiger partial charge is 0.378 e. The van der Waals surface area contributed by atoms with Gasteiger partial charge in [-0.3, -0.25) is 4.79 Å². The van der Waals surface area contributed by atoms with Gasteiger partial charge in [0.25, 0.3) is 0 Å². The number of benzene rings is 3. The third kappa shape index (κ3) is 5.80. The lowest BCUT2D eigenvalue weighted by Crippen LogP contribution is -2.20. The van der Waals surface area contributed by atoms with Crippen molar-refractivity contribution >= 4 is 39.8 Å². The predicted molar refractivity (Wildman–Crippen MR) is 136 cm³/mol. The van der Waals surface area contributed by atoms with Gasteiger partial charge >= 0.3 is 0 Å². The number of amides is 1. The molecule has 1 atom stereocenters. The molecule has 1 aromatic heterocycles. The van der Waals surface area contributed by atoms with Crippen molar-refractivity contribution in [3.05, 3.63) is 78.4 Å². The molecule has 2 heterocycles. The normalized spacial score (nSPS) is 15.4. The number of thioether (sulfide) groups is 1. The molecule has 0 bridgehead atoms. The molecule has 1 aliphatic heterocycles. The predicted octanol–water partition coefficient (Wildman–Crippen LogP) is 5.09. The number of carbonyl (C=O) groups excluding carboxylic acids is 1. The number of hydrogen-bond donors (Lipinski definition) is 2. The van der Waals surface area contributed by atoms with Crippen LogP contribution in [0.4, 0.5) is 15.8 Å². The van der Waals surface area contributed by atoms with E-state index in [-0.39, 0.29) is 23.6 Å². The van der Waals surface area contributed by atoms with Crippen LogP contribution in [0.2, 0.25) is 0 Å². The van der Waals surface area contributed by atoms with Crippen LogP contribution in [0, 0.1) is 5.82 Å². The fourth-order valence-electron chi connectivity index (χ4n) is 4.13. The number of ether oxygens (including phenoxy) is 1. The highest BCUT2D eigenvalue weighted by molar-refractivity contribution is 7.99. The van der Waals surface area contributed by atoms with Crippen LogP contribution in [0.5, 0.6) is 0 Å². The van der Waals surface area contributed by atoms with E-state index >= 15 is 0 Å². The van der Waals surface area contributed by atoms with Crippen LogP contribution in [0.25, 0.3) is 10.8 Å². The topological polar surface area (TPSA) is 81.1 Å². The summed E-state index contributed by atoms with van der Waals surface area (Å²) in [7, 11) is 0. The van der Waals surface area contributed by atoms with Crippen LogP contribution < -0.4 is 10.6 Å². The average Bonchev–Trinajstić information content (AvgIpc) is 3.53. The summed E-state index contributed by atoms with van der Waals surface area (Å²) in [6, 6.07) is 20.0. The number of halogens is 1. The maximum absolute atomic E-state index is 13.2. The lowest BCUT2D eigenvalue weighted by molar-refractivity contribution is -0.113. The average molecular weight is 492 g/mol. The smallest absolute Gasteiger partial charge is 0.234 e. The molecule has 5 rings (SSSR count). The van der Waals surface area contributed by atoms with Gasteiger partial charge in [-0.15, -0.1) is 10.2 Å². The highest BCUT2D eigenvalue weighted by atomic mass is 32.2. The molecule has 1 aliphatic rings. The van der Waals surface area contributed by atoms with Crippen LogP contribution in [0.1, 0.15) is 18.7 Å². The van der Waals surface area contributed by atoms with Gasteiger partial charge in [0.2, 0.25) is 5.91 Å². The number of rotatable bonds is 9. The maximum Gasteiger partial charge on any atom is 0.234 e. The first kappa shape index (κ1) is 23.3.